The minimum absolute atomic E-state index is 1.00. The predicted octanol–water partition coefficient (Wildman–Crippen LogP) is 7.55. The zero-order valence-electron chi connectivity index (χ0n) is 16.2. The summed E-state index contributed by atoms with van der Waals surface area (Å²) in [6.45, 7) is 0. The Morgan fingerprint density at radius 1 is 0.633 bits per heavy atom. The predicted molar refractivity (Wildman–Crippen MR) is 127 cm³/mol. The van der Waals surface area contributed by atoms with E-state index in [2.05, 4.69) is 108 Å². The van der Waals surface area contributed by atoms with Crippen molar-refractivity contribution in [3.63, 3.8) is 0 Å². The van der Waals surface area contributed by atoms with E-state index in [4.69, 9.17) is 4.98 Å². The van der Waals surface area contributed by atoms with Crippen LogP contribution in [0.3, 0.4) is 0 Å². The first-order valence-corrected chi connectivity index (χ1v) is 10.8. The summed E-state index contributed by atoms with van der Waals surface area (Å²) in [5.41, 5.74) is 5.79. The Bertz CT molecular complexity index is 1470. The minimum Gasteiger partial charge on any atom is -0.289 e. The van der Waals surface area contributed by atoms with E-state index in [0.717, 1.165) is 16.2 Å². The van der Waals surface area contributed by atoms with Gasteiger partial charge in [-0.1, -0.05) is 114 Å². The fourth-order valence-electron chi connectivity index (χ4n) is 4.06. The van der Waals surface area contributed by atoms with Crippen molar-refractivity contribution < 1.29 is 0 Å². The molecule has 6 aromatic rings. The number of aromatic nitrogens is 2. The number of nitrogens with zero attached hydrogens (tertiary/aromatic N) is 2. The summed E-state index contributed by atoms with van der Waals surface area (Å²) in [7, 11) is 0. The van der Waals surface area contributed by atoms with Gasteiger partial charge in [0.15, 0.2) is 4.96 Å². The molecular formula is C27H18N2S. The molecule has 0 aliphatic carbocycles. The lowest BCUT2D eigenvalue weighted by molar-refractivity contribution is 1.24. The summed E-state index contributed by atoms with van der Waals surface area (Å²) in [5.74, 6) is 0. The van der Waals surface area contributed by atoms with Crippen LogP contribution in [0.5, 0.6) is 0 Å². The molecule has 0 aliphatic heterocycles. The summed E-state index contributed by atoms with van der Waals surface area (Å²) in [6, 6.07) is 36.1. The highest BCUT2D eigenvalue weighted by atomic mass is 32.1. The Balaban J connectivity index is 1.65. The first-order valence-electron chi connectivity index (χ1n) is 9.99. The van der Waals surface area contributed by atoms with E-state index in [1.807, 2.05) is 6.07 Å². The fraction of sp³-hybridized carbons (Fsp3) is 0. The minimum atomic E-state index is 1.00. The monoisotopic (exact) mass is 402 g/mol. The average Bonchev–Trinajstić information content (AvgIpc) is 3.38. The standard InChI is InChI=1S/C27H18N2S/c1-3-11-20(12-4-1)24-18-29-25(21-13-5-2-6-14-21)26(30-27(29)28-24)23-17-9-15-19-10-7-8-16-22(19)23/h1-18H. The lowest BCUT2D eigenvalue weighted by Crippen LogP contribution is -1.88. The Hall–Kier alpha value is -3.69. The number of thiazole rings is 1. The number of rotatable bonds is 3. The maximum Gasteiger partial charge on any atom is 0.195 e. The van der Waals surface area contributed by atoms with E-state index in [-0.39, 0.29) is 0 Å². The van der Waals surface area contributed by atoms with Gasteiger partial charge in [-0.05, 0) is 10.8 Å². The Kier molecular flexibility index (Phi) is 4.00. The quantitative estimate of drug-likeness (QED) is 0.299. The second-order valence-corrected chi connectivity index (χ2v) is 8.29. The molecule has 0 unspecified atom stereocenters. The van der Waals surface area contributed by atoms with Crippen LogP contribution in [0.1, 0.15) is 0 Å². The lowest BCUT2D eigenvalue weighted by Gasteiger charge is -2.09. The van der Waals surface area contributed by atoms with Crippen LogP contribution in [0, 0.1) is 0 Å². The molecule has 2 nitrogen and oxygen atoms in total. The highest BCUT2D eigenvalue weighted by Gasteiger charge is 2.19. The van der Waals surface area contributed by atoms with Gasteiger partial charge in [-0.15, -0.1) is 0 Å². The average molecular weight is 403 g/mol. The molecule has 0 saturated carbocycles. The third-order valence-corrected chi connectivity index (χ3v) is 6.56. The largest absolute Gasteiger partial charge is 0.289 e. The van der Waals surface area contributed by atoms with E-state index < -0.39 is 0 Å². The molecule has 30 heavy (non-hydrogen) atoms. The number of hydrogen-bond acceptors (Lipinski definition) is 2. The molecule has 0 aliphatic rings. The van der Waals surface area contributed by atoms with Crippen LogP contribution in [-0.2, 0) is 0 Å². The van der Waals surface area contributed by atoms with Crippen molar-refractivity contribution in [1.82, 2.24) is 9.38 Å². The molecule has 3 heteroatoms. The highest BCUT2D eigenvalue weighted by Crippen LogP contribution is 2.42. The van der Waals surface area contributed by atoms with Crippen LogP contribution in [0.4, 0.5) is 0 Å². The molecule has 4 aromatic carbocycles. The van der Waals surface area contributed by atoms with Crippen LogP contribution in [-0.4, -0.2) is 9.38 Å². The summed E-state index contributed by atoms with van der Waals surface area (Å²) in [6.07, 6.45) is 2.16. The molecule has 0 N–H and O–H groups in total. The molecule has 0 saturated heterocycles. The molecular weight excluding hydrogens is 384 g/mol. The van der Waals surface area contributed by atoms with Crippen molar-refractivity contribution in [2.75, 3.05) is 0 Å². The van der Waals surface area contributed by atoms with Gasteiger partial charge in [-0.25, -0.2) is 4.98 Å². The van der Waals surface area contributed by atoms with Gasteiger partial charge in [0.1, 0.15) is 0 Å². The summed E-state index contributed by atoms with van der Waals surface area (Å²) in [5, 5.41) is 2.52. The molecule has 0 radical (unpaired) electrons. The van der Waals surface area contributed by atoms with Crippen LogP contribution in [0.25, 0.3) is 48.7 Å². The third-order valence-electron chi connectivity index (χ3n) is 5.47. The number of benzene rings is 4. The van der Waals surface area contributed by atoms with Crippen LogP contribution < -0.4 is 0 Å². The summed E-state index contributed by atoms with van der Waals surface area (Å²) >= 11 is 1.75. The highest BCUT2D eigenvalue weighted by molar-refractivity contribution is 7.21. The van der Waals surface area contributed by atoms with E-state index in [0.29, 0.717) is 0 Å². The Labute approximate surface area is 178 Å². The summed E-state index contributed by atoms with van der Waals surface area (Å²) < 4.78 is 2.25. The maximum absolute atomic E-state index is 4.98. The van der Waals surface area contributed by atoms with Crippen molar-refractivity contribution in [3.8, 4) is 33.0 Å². The molecule has 0 atom stereocenters. The van der Waals surface area contributed by atoms with Crippen molar-refractivity contribution in [1.29, 1.82) is 0 Å². The third kappa shape index (κ3) is 2.75. The zero-order chi connectivity index (χ0) is 19.9. The molecule has 6 rings (SSSR count). The second kappa shape index (κ2) is 6.97. The lowest BCUT2D eigenvalue weighted by atomic mass is 10.0. The van der Waals surface area contributed by atoms with Crippen molar-refractivity contribution in [2.45, 2.75) is 0 Å². The SMILES string of the molecule is c1ccc(-c2cn3c(-c4ccccc4)c(-c4cccc5ccccc45)sc3n2)cc1. The fourth-order valence-corrected chi connectivity index (χ4v) is 5.23. The van der Waals surface area contributed by atoms with Gasteiger partial charge in [-0.3, -0.25) is 4.40 Å². The van der Waals surface area contributed by atoms with E-state index in [1.165, 1.54) is 32.5 Å². The van der Waals surface area contributed by atoms with Crippen LogP contribution >= 0.6 is 11.3 Å². The van der Waals surface area contributed by atoms with Gasteiger partial charge in [-0.2, -0.15) is 0 Å². The first-order chi connectivity index (χ1) is 14.9. The van der Waals surface area contributed by atoms with Crippen molar-refractivity contribution in [3.05, 3.63) is 109 Å². The smallest absolute Gasteiger partial charge is 0.195 e. The number of hydrogen-bond donors (Lipinski definition) is 0. The van der Waals surface area contributed by atoms with Crippen molar-refractivity contribution >= 4 is 27.1 Å². The molecule has 0 bridgehead atoms. The first kappa shape index (κ1) is 17.2. The Morgan fingerprint density at radius 3 is 2.10 bits per heavy atom. The Morgan fingerprint density at radius 2 is 1.30 bits per heavy atom. The van der Waals surface area contributed by atoms with Gasteiger partial charge >= 0.3 is 0 Å². The number of fused-ring (bicyclic) bond motifs is 2. The summed E-state index contributed by atoms with van der Waals surface area (Å²) in [4.78, 5) is 7.24. The zero-order valence-corrected chi connectivity index (χ0v) is 17.0. The van der Waals surface area contributed by atoms with Crippen molar-refractivity contribution in [2.24, 2.45) is 0 Å². The van der Waals surface area contributed by atoms with Crippen LogP contribution in [0.15, 0.2) is 109 Å². The van der Waals surface area contributed by atoms with Gasteiger partial charge in [0, 0.05) is 22.9 Å². The number of imidazole rings is 1. The molecule has 142 valence electrons. The van der Waals surface area contributed by atoms with Gasteiger partial charge in [0.25, 0.3) is 0 Å². The van der Waals surface area contributed by atoms with E-state index in [1.54, 1.807) is 11.3 Å². The molecule has 0 spiro atoms. The van der Waals surface area contributed by atoms with Crippen LogP contribution in [0.2, 0.25) is 0 Å². The van der Waals surface area contributed by atoms with E-state index >= 15 is 0 Å². The maximum atomic E-state index is 4.98. The topological polar surface area (TPSA) is 17.3 Å². The molecule has 0 fully saturated rings. The molecule has 2 heterocycles. The van der Waals surface area contributed by atoms with Gasteiger partial charge in [0.05, 0.1) is 16.3 Å². The van der Waals surface area contributed by atoms with E-state index in [9.17, 15) is 0 Å². The normalized spacial score (nSPS) is 11.3. The molecule has 2 aromatic heterocycles. The molecule has 0 amide bonds. The van der Waals surface area contributed by atoms with Gasteiger partial charge in [0.2, 0.25) is 0 Å². The van der Waals surface area contributed by atoms with Gasteiger partial charge < -0.3 is 0 Å². The second-order valence-electron chi connectivity index (χ2n) is 7.32.